The van der Waals surface area contributed by atoms with E-state index in [9.17, 15) is 19.5 Å². The van der Waals surface area contributed by atoms with Gasteiger partial charge in [-0.2, -0.15) is 14.5 Å². The van der Waals surface area contributed by atoms with Crippen LogP contribution < -0.4 is 10.5 Å². The summed E-state index contributed by atoms with van der Waals surface area (Å²) < 4.78 is 6.11. The molecule has 0 fully saturated rings. The topological polar surface area (TPSA) is 125 Å². The van der Waals surface area contributed by atoms with Crippen LogP contribution in [0.5, 0.6) is 11.5 Å². The first-order valence-electron chi connectivity index (χ1n) is 8.15. The molecule has 1 aliphatic heterocycles. The second-order valence-electron chi connectivity index (χ2n) is 5.85. The Balaban J connectivity index is 2.14. The third-order valence-electron chi connectivity index (χ3n) is 4.13. The van der Waals surface area contributed by atoms with Crippen LogP contribution in [0.25, 0.3) is 0 Å². The van der Waals surface area contributed by atoms with E-state index in [-0.39, 0.29) is 17.1 Å². The largest absolute Gasteiger partial charge is 0.507 e. The van der Waals surface area contributed by atoms with Crippen LogP contribution in [0.3, 0.4) is 0 Å². The number of hydrogen-bond acceptors (Lipinski definition) is 6. The van der Waals surface area contributed by atoms with Gasteiger partial charge in [-0.15, -0.1) is 0 Å². The highest BCUT2D eigenvalue weighted by molar-refractivity contribution is 6.68. The third kappa shape index (κ3) is 3.20. The van der Waals surface area contributed by atoms with Crippen LogP contribution in [0.15, 0.2) is 53.5 Å². The molecule has 0 atom stereocenters. The molecule has 28 heavy (non-hydrogen) atoms. The molecule has 3 rings (SSSR count). The van der Waals surface area contributed by atoms with Crippen molar-refractivity contribution in [3.8, 4) is 11.5 Å². The fraction of sp³-hybridized carbons (Fsp3) is 0.105. The number of nitrogens with zero attached hydrogens (tertiary/aromatic N) is 3. The minimum Gasteiger partial charge on any atom is -0.507 e. The number of urea groups is 1. The number of phenols is 1. The van der Waals surface area contributed by atoms with E-state index in [1.165, 1.54) is 32.4 Å². The van der Waals surface area contributed by atoms with E-state index >= 15 is 0 Å². The van der Waals surface area contributed by atoms with Crippen LogP contribution in [0.4, 0.5) is 10.5 Å². The molecule has 142 valence electrons. The minimum absolute atomic E-state index is 0.168. The van der Waals surface area contributed by atoms with Crippen LogP contribution in [0.2, 0.25) is 0 Å². The molecule has 2 aromatic carbocycles. The van der Waals surface area contributed by atoms with E-state index in [0.29, 0.717) is 11.4 Å². The van der Waals surface area contributed by atoms with Crippen LogP contribution in [-0.2, 0) is 4.79 Å². The molecule has 9 nitrogen and oxygen atoms in total. The number of aliphatic imine (C=N–C) groups is 1. The van der Waals surface area contributed by atoms with Crippen LogP contribution >= 0.6 is 0 Å². The molecule has 0 bridgehead atoms. The molecule has 1 aliphatic rings. The number of para-hydroxylation sites is 1. The molecule has 3 N–H and O–H groups in total. The third-order valence-corrected chi connectivity index (χ3v) is 4.13. The Hall–Kier alpha value is -4.01. The number of carbonyl (C=O) groups excluding carboxylic acids is 3. The Morgan fingerprint density at radius 3 is 2.50 bits per heavy atom. The van der Waals surface area contributed by atoms with Crippen molar-refractivity contribution < 1.29 is 28.8 Å². The Morgan fingerprint density at radius 1 is 1.18 bits per heavy atom. The lowest BCUT2D eigenvalue weighted by atomic mass is 10.1. The monoisotopic (exact) mass is 381 g/mol. The summed E-state index contributed by atoms with van der Waals surface area (Å²) >= 11 is 0. The maximum absolute atomic E-state index is 12.6. The number of rotatable bonds is 3. The summed E-state index contributed by atoms with van der Waals surface area (Å²) in [7, 11) is 2.66. The summed E-state index contributed by atoms with van der Waals surface area (Å²) in [6.45, 7) is 0. The number of hydrogen-bond donors (Lipinski definition) is 2. The molecule has 0 spiro atoms. The summed E-state index contributed by atoms with van der Waals surface area (Å²) in [5.74, 6) is -2.02. The van der Waals surface area contributed by atoms with E-state index in [4.69, 9.17) is 10.5 Å². The van der Waals surface area contributed by atoms with Crippen molar-refractivity contribution in [2.24, 2.45) is 10.7 Å². The summed E-state index contributed by atoms with van der Waals surface area (Å²) in [6.07, 6.45) is 0. The van der Waals surface area contributed by atoms with Gasteiger partial charge in [-0.3, -0.25) is 4.79 Å². The van der Waals surface area contributed by atoms with Crippen LogP contribution in [0, 0.1) is 0 Å². The average Bonchev–Trinajstić information content (AvgIpc) is 2.71. The summed E-state index contributed by atoms with van der Waals surface area (Å²) in [5, 5.41) is 9.94. The van der Waals surface area contributed by atoms with E-state index in [1.54, 1.807) is 30.3 Å². The first kappa shape index (κ1) is 18.8. The van der Waals surface area contributed by atoms with Gasteiger partial charge in [0.25, 0.3) is 11.7 Å². The maximum atomic E-state index is 12.6. The maximum Gasteiger partial charge on any atom is 0.451 e. The van der Waals surface area contributed by atoms with E-state index in [1.807, 2.05) is 0 Å². The molecule has 2 aromatic rings. The molecule has 0 saturated carbocycles. The van der Waals surface area contributed by atoms with Gasteiger partial charge in [-0.1, -0.05) is 18.2 Å². The SMILES string of the molecule is COc1ccc(O)c(C(=O)N=C2C(=O)N(C)C(=O)[N+](c3ccccc3)=C2N)c1. The van der Waals surface area contributed by atoms with Gasteiger partial charge in [-0.25, -0.2) is 9.59 Å². The van der Waals surface area contributed by atoms with Gasteiger partial charge in [0.15, 0.2) is 0 Å². The van der Waals surface area contributed by atoms with Gasteiger partial charge in [0.1, 0.15) is 17.2 Å². The van der Waals surface area contributed by atoms with Gasteiger partial charge in [0, 0.05) is 0 Å². The number of ether oxygens (including phenoxy) is 1. The lowest BCUT2D eigenvalue weighted by molar-refractivity contribution is -0.342. The molecule has 0 aliphatic carbocycles. The quantitative estimate of drug-likeness (QED) is 0.772. The Kier molecular flexibility index (Phi) is 4.90. The number of imide groups is 1. The van der Waals surface area contributed by atoms with Gasteiger partial charge in [0.05, 0.1) is 19.7 Å². The van der Waals surface area contributed by atoms with E-state index < -0.39 is 23.6 Å². The fourth-order valence-electron chi connectivity index (χ4n) is 2.62. The number of phenolic OH excluding ortho intramolecular Hbond substituents is 1. The zero-order chi connectivity index (χ0) is 20.4. The number of benzene rings is 2. The zero-order valence-corrected chi connectivity index (χ0v) is 15.1. The van der Waals surface area contributed by atoms with Crippen molar-refractivity contribution in [2.75, 3.05) is 14.2 Å². The number of aromatic hydroxyl groups is 1. The van der Waals surface area contributed by atoms with Crippen molar-refractivity contribution in [3.05, 3.63) is 54.1 Å². The van der Waals surface area contributed by atoms with Gasteiger partial charge in [0.2, 0.25) is 5.71 Å². The highest BCUT2D eigenvalue weighted by atomic mass is 16.5. The van der Waals surface area contributed by atoms with Crippen molar-refractivity contribution in [2.45, 2.75) is 0 Å². The van der Waals surface area contributed by atoms with E-state index in [2.05, 4.69) is 4.99 Å². The lowest BCUT2D eigenvalue weighted by Gasteiger charge is -2.20. The highest BCUT2D eigenvalue weighted by Crippen LogP contribution is 2.24. The van der Waals surface area contributed by atoms with Crippen molar-refractivity contribution in [1.29, 1.82) is 0 Å². The lowest BCUT2D eigenvalue weighted by Crippen LogP contribution is -2.55. The smallest absolute Gasteiger partial charge is 0.451 e. The second kappa shape index (κ2) is 7.31. The summed E-state index contributed by atoms with van der Waals surface area (Å²) in [5.41, 5.74) is 5.86. The van der Waals surface area contributed by atoms with Crippen molar-refractivity contribution in [3.63, 3.8) is 0 Å². The first-order chi connectivity index (χ1) is 13.3. The standard InChI is InChI=1S/C19H16N4O5/c1-22-18(26)15(16(20)23(19(22)27)11-6-4-3-5-7-11)21-17(25)13-10-12(28-2)8-9-14(13)24/h3-10,20H,1-2H3,(H,24,25)/p+1. The Bertz CT molecular complexity index is 1040. The molecule has 1 heterocycles. The van der Waals surface area contributed by atoms with Gasteiger partial charge in [-0.05, 0) is 30.3 Å². The molecule has 9 heteroatoms. The van der Waals surface area contributed by atoms with Gasteiger partial charge >= 0.3 is 11.9 Å². The van der Waals surface area contributed by atoms with Gasteiger partial charge < -0.3 is 15.6 Å². The number of amidine groups is 1. The van der Waals surface area contributed by atoms with Crippen molar-refractivity contribution in [1.82, 2.24) is 4.90 Å². The summed E-state index contributed by atoms with van der Waals surface area (Å²) in [6, 6.07) is 11.8. The molecular weight excluding hydrogens is 364 g/mol. The predicted octanol–water partition coefficient (Wildman–Crippen LogP) is 1.28. The molecular formula is C19H17N4O5+. The number of nitrogens with two attached hydrogens (primary N) is 1. The average molecular weight is 381 g/mol. The molecule has 4 amide bonds. The number of amides is 4. The number of methoxy groups -OCH3 is 1. The van der Waals surface area contributed by atoms with E-state index in [0.717, 1.165) is 9.48 Å². The molecule has 0 saturated heterocycles. The Morgan fingerprint density at radius 2 is 1.86 bits per heavy atom. The zero-order valence-electron chi connectivity index (χ0n) is 15.1. The second-order valence-corrected chi connectivity index (χ2v) is 5.85. The van der Waals surface area contributed by atoms with Crippen LogP contribution in [-0.4, -0.2) is 58.1 Å². The molecule has 0 aromatic heterocycles. The van der Waals surface area contributed by atoms with Crippen LogP contribution in [0.1, 0.15) is 10.4 Å². The molecule has 0 unspecified atom stereocenters. The highest BCUT2D eigenvalue weighted by Gasteiger charge is 2.42. The van der Waals surface area contributed by atoms with Crippen molar-refractivity contribution >= 4 is 35.1 Å². The fourth-order valence-corrected chi connectivity index (χ4v) is 2.62. The first-order valence-corrected chi connectivity index (χ1v) is 8.15. The normalized spacial score (nSPS) is 15.9. The predicted molar refractivity (Wildman–Crippen MR) is 100 cm³/mol. The minimum atomic E-state index is -0.904. The Labute approximate surface area is 160 Å². The summed E-state index contributed by atoms with van der Waals surface area (Å²) in [4.78, 5) is 42.2. The molecule has 0 radical (unpaired) electrons. The number of carbonyl (C=O) groups is 3.